The highest BCUT2D eigenvalue weighted by Crippen LogP contribution is 2.32. The summed E-state index contributed by atoms with van der Waals surface area (Å²) in [5, 5.41) is 3.33. The normalized spacial score (nSPS) is 30.8. The third kappa shape index (κ3) is 2.46. The number of rotatable bonds is 2. The highest BCUT2D eigenvalue weighted by molar-refractivity contribution is 5.81. The van der Waals surface area contributed by atoms with Crippen molar-refractivity contribution in [3.05, 3.63) is 0 Å². The van der Waals surface area contributed by atoms with Crippen LogP contribution in [0.25, 0.3) is 0 Å². The fourth-order valence-electron chi connectivity index (χ4n) is 2.59. The molecule has 3 heterocycles. The van der Waals surface area contributed by atoms with Crippen LogP contribution < -0.4 is 5.32 Å². The van der Waals surface area contributed by atoms with E-state index in [1.165, 1.54) is 0 Å². The van der Waals surface area contributed by atoms with Crippen molar-refractivity contribution in [2.45, 2.75) is 24.7 Å². The van der Waals surface area contributed by atoms with E-state index in [2.05, 4.69) is 15.2 Å². The molecule has 6 nitrogen and oxygen atoms in total. The minimum absolute atomic E-state index is 0.111. The SMILES string of the molecule is CN1CCN=C1NCC1COC2(CCOCC2)O1. The van der Waals surface area contributed by atoms with Crippen LogP contribution in [0.4, 0.5) is 0 Å². The molecule has 0 aliphatic carbocycles. The Bertz CT molecular complexity index is 329. The number of hydrogen-bond acceptors (Lipinski definition) is 6. The van der Waals surface area contributed by atoms with Gasteiger partial charge in [-0.15, -0.1) is 0 Å². The summed E-state index contributed by atoms with van der Waals surface area (Å²) in [6.07, 6.45) is 1.79. The van der Waals surface area contributed by atoms with Gasteiger partial charge in [0.2, 0.25) is 0 Å². The lowest BCUT2D eigenvalue weighted by atomic mass is 10.1. The van der Waals surface area contributed by atoms with E-state index in [1.807, 2.05) is 7.05 Å². The lowest BCUT2D eigenvalue weighted by Crippen LogP contribution is -2.42. The molecule has 0 saturated carbocycles. The van der Waals surface area contributed by atoms with Gasteiger partial charge in [0.05, 0.1) is 26.4 Å². The van der Waals surface area contributed by atoms with Crippen molar-refractivity contribution in [3.63, 3.8) is 0 Å². The van der Waals surface area contributed by atoms with Crippen molar-refractivity contribution in [2.75, 3.05) is 46.5 Å². The Balaban J connectivity index is 1.47. The smallest absolute Gasteiger partial charge is 0.193 e. The zero-order valence-electron chi connectivity index (χ0n) is 10.9. The van der Waals surface area contributed by atoms with Crippen LogP contribution in [0.3, 0.4) is 0 Å². The molecule has 0 aromatic carbocycles. The minimum Gasteiger partial charge on any atom is -0.381 e. The van der Waals surface area contributed by atoms with Crippen LogP contribution in [0.15, 0.2) is 4.99 Å². The van der Waals surface area contributed by atoms with Gasteiger partial charge in [-0.3, -0.25) is 4.99 Å². The molecule has 0 aromatic heterocycles. The summed E-state index contributed by atoms with van der Waals surface area (Å²) in [5.74, 6) is 0.583. The van der Waals surface area contributed by atoms with Gasteiger partial charge in [0.25, 0.3) is 0 Å². The van der Waals surface area contributed by atoms with E-state index < -0.39 is 0 Å². The predicted molar refractivity (Wildman–Crippen MR) is 66.5 cm³/mol. The van der Waals surface area contributed by atoms with Crippen molar-refractivity contribution < 1.29 is 14.2 Å². The molecule has 18 heavy (non-hydrogen) atoms. The summed E-state index contributed by atoms with van der Waals surface area (Å²) in [6, 6.07) is 0. The standard InChI is InChI=1S/C12H21N3O3/c1-15-5-4-13-11(15)14-8-10-9-17-12(18-10)2-6-16-7-3-12/h10H,2-9H2,1H3,(H,13,14). The molecular weight excluding hydrogens is 234 g/mol. The molecule has 1 unspecified atom stereocenters. The monoisotopic (exact) mass is 255 g/mol. The summed E-state index contributed by atoms with van der Waals surface area (Å²) in [5.41, 5.74) is 0. The largest absolute Gasteiger partial charge is 0.381 e. The van der Waals surface area contributed by atoms with E-state index in [9.17, 15) is 0 Å². The van der Waals surface area contributed by atoms with Crippen LogP contribution in [0, 0.1) is 0 Å². The quantitative estimate of drug-likeness (QED) is 0.740. The molecule has 0 aromatic rings. The van der Waals surface area contributed by atoms with Gasteiger partial charge in [0.15, 0.2) is 11.7 Å². The highest BCUT2D eigenvalue weighted by atomic mass is 16.7. The maximum atomic E-state index is 6.05. The Morgan fingerprint density at radius 1 is 1.44 bits per heavy atom. The van der Waals surface area contributed by atoms with Gasteiger partial charge in [-0.05, 0) is 0 Å². The summed E-state index contributed by atoms with van der Waals surface area (Å²) in [7, 11) is 2.05. The van der Waals surface area contributed by atoms with E-state index in [4.69, 9.17) is 14.2 Å². The van der Waals surface area contributed by atoms with Crippen molar-refractivity contribution in [3.8, 4) is 0 Å². The molecular formula is C12H21N3O3. The summed E-state index contributed by atoms with van der Waals surface area (Å²) in [6.45, 7) is 4.74. The zero-order valence-corrected chi connectivity index (χ0v) is 10.9. The van der Waals surface area contributed by atoms with E-state index in [1.54, 1.807) is 0 Å². The molecule has 3 aliphatic rings. The second-order valence-electron chi connectivity index (χ2n) is 5.08. The molecule has 0 radical (unpaired) electrons. The van der Waals surface area contributed by atoms with Gasteiger partial charge < -0.3 is 24.4 Å². The molecule has 6 heteroatoms. The van der Waals surface area contributed by atoms with E-state index in [-0.39, 0.29) is 11.9 Å². The third-order valence-electron chi connectivity index (χ3n) is 3.71. The van der Waals surface area contributed by atoms with Crippen molar-refractivity contribution >= 4 is 5.96 Å². The Hall–Kier alpha value is -0.850. The molecule has 1 atom stereocenters. The Labute approximate surface area is 107 Å². The van der Waals surface area contributed by atoms with Crippen molar-refractivity contribution in [1.82, 2.24) is 10.2 Å². The molecule has 3 aliphatic heterocycles. The average Bonchev–Trinajstić information content (AvgIpc) is 2.96. The first kappa shape index (κ1) is 12.2. The number of ether oxygens (including phenoxy) is 3. The highest BCUT2D eigenvalue weighted by Gasteiger charge is 2.42. The molecule has 0 bridgehead atoms. The average molecular weight is 255 g/mol. The van der Waals surface area contributed by atoms with Gasteiger partial charge in [-0.25, -0.2) is 0 Å². The summed E-state index contributed by atoms with van der Waals surface area (Å²) < 4.78 is 17.2. The van der Waals surface area contributed by atoms with Crippen LogP contribution in [0.1, 0.15) is 12.8 Å². The molecule has 2 fully saturated rings. The number of aliphatic imine (C=N–C) groups is 1. The Morgan fingerprint density at radius 2 is 2.28 bits per heavy atom. The van der Waals surface area contributed by atoms with Gasteiger partial charge in [-0.2, -0.15) is 0 Å². The maximum absolute atomic E-state index is 6.05. The first-order chi connectivity index (χ1) is 8.77. The zero-order chi connectivity index (χ0) is 12.4. The fourth-order valence-corrected chi connectivity index (χ4v) is 2.59. The number of hydrogen-bond donors (Lipinski definition) is 1. The molecule has 102 valence electrons. The Kier molecular flexibility index (Phi) is 3.41. The van der Waals surface area contributed by atoms with Crippen LogP contribution in [-0.2, 0) is 14.2 Å². The predicted octanol–water partition coefficient (Wildman–Crippen LogP) is -0.200. The molecule has 0 amide bonds. The van der Waals surface area contributed by atoms with E-state index in [0.29, 0.717) is 6.61 Å². The molecule has 2 saturated heterocycles. The number of guanidine groups is 1. The van der Waals surface area contributed by atoms with Gasteiger partial charge in [-0.1, -0.05) is 0 Å². The van der Waals surface area contributed by atoms with Crippen LogP contribution in [0.2, 0.25) is 0 Å². The molecule has 3 rings (SSSR count). The topological polar surface area (TPSA) is 55.3 Å². The number of nitrogens with one attached hydrogen (secondary N) is 1. The van der Waals surface area contributed by atoms with E-state index in [0.717, 1.165) is 51.6 Å². The fraction of sp³-hybridized carbons (Fsp3) is 0.917. The lowest BCUT2D eigenvalue weighted by Gasteiger charge is -2.31. The van der Waals surface area contributed by atoms with Crippen LogP contribution in [-0.4, -0.2) is 69.3 Å². The first-order valence-electron chi connectivity index (χ1n) is 6.66. The second-order valence-corrected chi connectivity index (χ2v) is 5.08. The van der Waals surface area contributed by atoms with Gasteiger partial charge in [0.1, 0.15) is 6.10 Å². The number of likely N-dealkylation sites (N-methyl/N-ethyl adjacent to an activating group) is 1. The van der Waals surface area contributed by atoms with Gasteiger partial charge >= 0.3 is 0 Å². The molecule has 1 N–H and O–H groups in total. The third-order valence-corrected chi connectivity index (χ3v) is 3.71. The van der Waals surface area contributed by atoms with Crippen molar-refractivity contribution in [2.24, 2.45) is 4.99 Å². The lowest BCUT2D eigenvalue weighted by molar-refractivity contribution is -0.210. The van der Waals surface area contributed by atoms with Crippen LogP contribution in [0.5, 0.6) is 0 Å². The van der Waals surface area contributed by atoms with E-state index >= 15 is 0 Å². The second kappa shape index (κ2) is 5.03. The van der Waals surface area contributed by atoms with Gasteiger partial charge in [0, 0.05) is 33.0 Å². The minimum atomic E-state index is -0.381. The van der Waals surface area contributed by atoms with Crippen LogP contribution >= 0.6 is 0 Å². The summed E-state index contributed by atoms with van der Waals surface area (Å²) in [4.78, 5) is 6.52. The van der Waals surface area contributed by atoms with Crippen molar-refractivity contribution in [1.29, 1.82) is 0 Å². The maximum Gasteiger partial charge on any atom is 0.193 e. The Morgan fingerprint density at radius 3 is 3.00 bits per heavy atom. The first-order valence-corrected chi connectivity index (χ1v) is 6.66. The number of nitrogens with zero attached hydrogens (tertiary/aromatic N) is 2. The molecule has 1 spiro atoms. The summed E-state index contributed by atoms with van der Waals surface area (Å²) >= 11 is 0.